The molecule has 1 unspecified atom stereocenters. The van der Waals surface area contributed by atoms with Crippen LogP contribution in [0.3, 0.4) is 0 Å². The van der Waals surface area contributed by atoms with E-state index in [4.69, 9.17) is 14.8 Å². The van der Waals surface area contributed by atoms with Gasteiger partial charge in [0.1, 0.15) is 0 Å². The maximum Gasteiger partial charge on any atom is 0.318 e. The van der Waals surface area contributed by atoms with Crippen LogP contribution >= 0.6 is 0 Å². The number of rotatable bonds is 6. The number of hydrogen-bond donors (Lipinski definition) is 3. The monoisotopic (exact) mass is 272 g/mol. The van der Waals surface area contributed by atoms with E-state index in [1.54, 1.807) is 24.3 Å². The van der Waals surface area contributed by atoms with E-state index in [1.165, 1.54) is 0 Å². The zero-order valence-electron chi connectivity index (χ0n) is 9.28. The number of aliphatic carboxylic acids is 2. The van der Waals surface area contributed by atoms with Gasteiger partial charge < -0.3 is 14.8 Å². The molecule has 0 radical (unpaired) electrons. The summed E-state index contributed by atoms with van der Waals surface area (Å²) in [7, 11) is 0. The molecule has 0 spiro atoms. The Labute approximate surface area is 106 Å². The van der Waals surface area contributed by atoms with Gasteiger partial charge in [-0.1, -0.05) is 24.3 Å². The summed E-state index contributed by atoms with van der Waals surface area (Å²) >= 11 is -1.94. The molecule has 0 aliphatic carbocycles. The first kappa shape index (κ1) is 14.3. The van der Waals surface area contributed by atoms with Crippen LogP contribution in [0.2, 0.25) is 0 Å². The van der Waals surface area contributed by atoms with Crippen LogP contribution in [-0.2, 0) is 32.8 Å². The minimum Gasteiger partial charge on any atom is -0.481 e. The van der Waals surface area contributed by atoms with Crippen molar-refractivity contribution in [3.8, 4) is 0 Å². The molecule has 1 atom stereocenters. The lowest BCUT2D eigenvalue weighted by Gasteiger charge is -2.07. The Bertz CT molecular complexity index is 453. The molecule has 0 saturated carbocycles. The van der Waals surface area contributed by atoms with Crippen molar-refractivity contribution in [2.24, 2.45) is 5.92 Å². The Kier molecular flexibility index (Phi) is 4.99. The summed E-state index contributed by atoms with van der Waals surface area (Å²) in [4.78, 5) is 21.4. The molecule has 1 aromatic rings. The largest absolute Gasteiger partial charge is 0.481 e. The molecule has 6 nitrogen and oxygen atoms in total. The van der Waals surface area contributed by atoms with Crippen molar-refractivity contribution >= 4 is 23.0 Å². The van der Waals surface area contributed by atoms with E-state index in [2.05, 4.69) is 0 Å². The van der Waals surface area contributed by atoms with Gasteiger partial charge in [-0.25, -0.2) is 4.21 Å². The fourth-order valence-corrected chi connectivity index (χ4v) is 1.91. The van der Waals surface area contributed by atoms with Gasteiger partial charge in [0, 0.05) is 0 Å². The van der Waals surface area contributed by atoms with Crippen molar-refractivity contribution in [3.05, 3.63) is 35.4 Å². The highest BCUT2D eigenvalue weighted by Gasteiger charge is 2.25. The second-order valence-corrected chi connectivity index (χ2v) is 4.65. The molecule has 18 heavy (non-hydrogen) atoms. The molecular formula is C11H12O6S. The maximum atomic E-state index is 10.7. The number of hydrogen-bond acceptors (Lipinski definition) is 3. The van der Waals surface area contributed by atoms with Crippen LogP contribution in [0.25, 0.3) is 0 Å². The quantitative estimate of drug-likeness (QED) is 0.520. The Hall–Kier alpha value is -1.73. The Morgan fingerprint density at radius 2 is 1.50 bits per heavy atom. The molecule has 0 amide bonds. The van der Waals surface area contributed by atoms with Gasteiger partial charge in [0.05, 0.1) is 5.75 Å². The Morgan fingerprint density at radius 3 is 1.89 bits per heavy atom. The van der Waals surface area contributed by atoms with E-state index in [1.807, 2.05) is 0 Å². The lowest BCUT2D eigenvalue weighted by atomic mass is 9.99. The molecule has 0 fully saturated rings. The zero-order valence-corrected chi connectivity index (χ0v) is 10.1. The third kappa shape index (κ3) is 4.27. The van der Waals surface area contributed by atoms with Gasteiger partial charge in [0.15, 0.2) is 17.0 Å². The van der Waals surface area contributed by atoms with E-state index in [0.717, 1.165) is 0 Å². The van der Waals surface area contributed by atoms with Crippen molar-refractivity contribution < 1.29 is 28.6 Å². The molecule has 0 aromatic heterocycles. The molecule has 7 heteroatoms. The number of carboxylic acids is 2. The third-order valence-electron chi connectivity index (χ3n) is 2.35. The third-order valence-corrected chi connectivity index (χ3v) is 2.93. The highest BCUT2D eigenvalue weighted by atomic mass is 32.2. The first-order valence-electron chi connectivity index (χ1n) is 5.01. The highest BCUT2D eigenvalue weighted by molar-refractivity contribution is 7.78. The topological polar surface area (TPSA) is 112 Å². The smallest absolute Gasteiger partial charge is 0.318 e. The fraction of sp³-hybridized carbons (Fsp3) is 0.273. The predicted octanol–water partition coefficient (Wildman–Crippen LogP) is 0.736. The second kappa shape index (κ2) is 6.27. The molecule has 1 aromatic carbocycles. The summed E-state index contributed by atoms with van der Waals surface area (Å²) in [5, 5.41) is 17.4. The summed E-state index contributed by atoms with van der Waals surface area (Å²) < 4.78 is 19.2. The van der Waals surface area contributed by atoms with E-state index in [-0.39, 0.29) is 12.2 Å². The van der Waals surface area contributed by atoms with Crippen molar-refractivity contribution in [1.82, 2.24) is 0 Å². The molecule has 0 aliphatic heterocycles. The van der Waals surface area contributed by atoms with Gasteiger partial charge in [-0.15, -0.1) is 0 Å². The van der Waals surface area contributed by atoms with E-state index < -0.39 is 28.9 Å². The first-order chi connectivity index (χ1) is 8.40. The van der Waals surface area contributed by atoms with Gasteiger partial charge >= 0.3 is 11.9 Å². The normalized spacial score (nSPS) is 12.3. The van der Waals surface area contributed by atoms with Crippen LogP contribution in [0.5, 0.6) is 0 Å². The first-order valence-corrected chi connectivity index (χ1v) is 6.28. The van der Waals surface area contributed by atoms with Crippen LogP contribution in [0.4, 0.5) is 0 Å². The summed E-state index contributed by atoms with van der Waals surface area (Å²) in [6.07, 6.45) is -0.118. The van der Waals surface area contributed by atoms with E-state index in [0.29, 0.717) is 11.1 Å². The predicted molar refractivity (Wildman–Crippen MR) is 63.4 cm³/mol. The van der Waals surface area contributed by atoms with Crippen LogP contribution in [-0.4, -0.2) is 30.9 Å². The molecule has 0 saturated heterocycles. The van der Waals surface area contributed by atoms with Crippen molar-refractivity contribution in [3.63, 3.8) is 0 Å². The standard InChI is InChI=1S/C11H12O6S/c12-10(13)9(11(14)15)5-7-1-3-8(4-2-7)6-18(16)17/h1-4,9H,5-6H2,(H,12,13)(H,14,15)(H,16,17). The summed E-state index contributed by atoms with van der Waals surface area (Å²) in [6, 6.07) is 6.26. The Balaban J connectivity index is 2.76. The minimum atomic E-state index is -1.94. The summed E-state index contributed by atoms with van der Waals surface area (Å²) in [5.74, 6) is -4.27. The second-order valence-electron chi connectivity index (χ2n) is 3.72. The minimum absolute atomic E-state index is 0.0123. The molecule has 0 bridgehead atoms. The Morgan fingerprint density at radius 1 is 1.06 bits per heavy atom. The average Bonchev–Trinajstić information content (AvgIpc) is 2.26. The van der Waals surface area contributed by atoms with Crippen LogP contribution < -0.4 is 0 Å². The lowest BCUT2D eigenvalue weighted by molar-refractivity contribution is -0.154. The SMILES string of the molecule is O=C(O)C(Cc1ccc(CS(=O)O)cc1)C(=O)O. The van der Waals surface area contributed by atoms with Gasteiger partial charge in [-0.3, -0.25) is 9.59 Å². The van der Waals surface area contributed by atoms with Crippen molar-refractivity contribution in [2.75, 3.05) is 0 Å². The highest BCUT2D eigenvalue weighted by Crippen LogP contribution is 2.12. The zero-order chi connectivity index (χ0) is 13.7. The fourth-order valence-electron chi connectivity index (χ4n) is 1.43. The van der Waals surface area contributed by atoms with Gasteiger partial charge in [0.25, 0.3) is 0 Å². The molecule has 1 rings (SSSR count). The molecular weight excluding hydrogens is 260 g/mol. The number of carboxylic acid groups (broad SMARTS) is 2. The summed E-state index contributed by atoms with van der Waals surface area (Å²) in [6.45, 7) is 0. The molecule has 3 N–H and O–H groups in total. The number of benzene rings is 1. The van der Waals surface area contributed by atoms with Gasteiger partial charge in [-0.2, -0.15) is 0 Å². The van der Waals surface area contributed by atoms with Gasteiger partial charge in [0.2, 0.25) is 0 Å². The molecule has 98 valence electrons. The molecule has 0 aliphatic rings. The average molecular weight is 272 g/mol. The van der Waals surface area contributed by atoms with Crippen molar-refractivity contribution in [1.29, 1.82) is 0 Å². The van der Waals surface area contributed by atoms with Crippen molar-refractivity contribution in [2.45, 2.75) is 12.2 Å². The molecule has 0 heterocycles. The summed E-state index contributed by atoms with van der Waals surface area (Å²) in [5.41, 5.74) is 1.18. The van der Waals surface area contributed by atoms with E-state index >= 15 is 0 Å². The van der Waals surface area contributed by atoms with Crippen LogP contribution in [0.15, 0.2) is 24.3 Å². The van der Waals surface area contributed by atoms with E-state index in [9.17, 15) is 13.8 Å². The number of carbonyl (C=O) groups is 2. The lowest BCUT2D eigenvalue weighted by Crippen LogP contribution is -2.25. The maximum absolute atomic E-state index is 10.7. The van der Waals surface area contributed by atoms with Gasteiger partial charge in [-0.05, 0) is 17.5 Å². The van der Waals surface area contributed by atoms with Crippen LogP contribution in [0.1, 0.15) is 11.1 Å². The van der Waals surface area contributed by atoms with Crippen LogP contribution in [0, 0.1) is 5.92 Å².